The Hall–Kier alpha value is -0.770. The normalized spacial score (nSPS) is 10.3. The Kier molecular flexibility index (Phi) is 4.04. The predicted molar refractivity (Wildman–Crippen MR) is 70.7 cm³/mol. The lowest BCUT2D eigenvalue weighted by atomic mass is 10.2. The fourth-order valence-electron chi connectivity index (χ4n) is 1.24. The first-order valence-corrected chi connectivity index (χ1v) is 6.89. The molecule has 4 heteroatoms. The zero-order chi connectivity index (χ0) is 11.4. The number of carbonyl (C=O) groups excluding carboxylic acids is 1. The highest BCUT2D eigenvalue weighted by Crippen LogP contribution is 2.31. The molecule has 0 saturated carbocycles. The summed E-state index contributed by atoms with van der Waals surface area (Å²) in [5, 5.41) is 0.794. The first-order valence-electron chi connectivity index (χ1n) is 4.71. The van der Waals surface area contributed by atoms with Crippen molar-refractivity contribution in [3.05, 3.63) is 51.9 Å². The van der Waals surface area contributed by atoms with Crippen molar-refractivity contribution in [3.8, 4) is 0 Å². The summed E-state index contributed by atoms with van der Waals surface area (Å²) in [5.74, 6) is 0.832. The molecule has 0 radical (unpaired) electrons. The van der Waals surface area contributed by atoms with E-state index in [-0.39, 0.29) is 0 Å². The van der Waals surface area contributed by atoms with Gasteiger partial charge in [0, 0.05) is 10.8 Å². The molecule has 0 atom stereocenters. The quantitative estimate of drug-likeness (QED) is 0.600. The van der Waals surface area contributed by atoms with Crippen LogP contribution in [0.15, 0.2) is 40.6 Å². The Bertz CT molecular complexity index is 493. The lowest BCUT2D eigenvalue weighted by Gasteiger charge is -2.01. The first-order chi connectivity index (χ1) is 7.79. The minimum Gasteiger partial charge on any atom is -0.297 e. The van der Waals surface area contributed by atoms with E-state index in [9.17, 15) is 4.79 Å². The van der Waals surface area contributed by atoms with Crippen molar-refractivity contribution in [1.82, 2.24) is 0 Å². The van der Waals surface area contributed by atoms with Crippen molar-refractivity contribution in [1.29, 1.82) is 0 Å². The van der Waals surface area contributed by atoms with Crippen LogP contribution in [0.2, 0.25) is 5.02 Å². The minimum absolute atomic E-state index is 0.765. The van der Waals surface area contributed by atoms with Gasteiger partial charge < -0.3 is 0 Å². The number of thiophene rings is 1. The smallest absolute Gasteiger partial charge is 0.160 e. The number of carbonyl (C=O) groups is 1. The van der Waals surface area contributed by atoms with E-state index in [2.05, 4.69) is 0 Å². The maximum absolute atomic E-state index is 10.5. The van der Waals surface area contributed by atoms with E-state index in [1.165, 1.54) is 11.3 Å². The highest BCUT2D eigenvalue weighted by Gasteiger charge is 2.03. The first kappa shape index (κ1) is 11.7. The Morgan fingerprint density at radius 2 is 2.06 bits per heavy atom. The van der Waals surface area contributed by atoms with E-state index >= 15 is 0 Å². The number of benzene rings is 1. The molecule has 1 aromatic carbocycles. The third-order valence-electron chi connectivity index (χ3n) is 2.05. The van der Waals surface area contributed by atoms with Gasteiger partial charge in [-0.05, 0) is 23.8 Å². The Balaban J connectivity index is 2.02. The van der Waals surface area contributed by atoms with Crippen LogP contribution >= 0.6 is 34.7 Å². The van der Waals surface area contributed by atoms with Gasteiger partial charge in [-0.2, -0.15) is 0 Å². The third-order valence-corrected chi connectivity index (χ3v) is 4.70. The van der Waals surface area contributed by atoms with Gasteiger partial charge in [0.05, 0.1) is 9.09 Å². The van der Waals surface area contributed by atoms with Gasteiger partial charge in [-0.15, -0.1) is 23.1 Å². The van der Waals surface area contributed by atoms with Crippen LogP contribution in [-0.4, -0.2) is 6.29 Å². The maximum atomic E-state index is 10.5. The summed E-state index contributed by atoms with van der Waals surface area (Å²) in [7, 11) is 0. The number of thioether (sulfide) groups is 1. The van der Waals surface area contributed by atoms with Gasteiger partial charge in [-0.3, -0.25) is 4.79 Å². The van der Waals surface area contributed by atoms with Crippen LogP contribution < -0.4 is 0 Å². The number of hydrogen-bond acceptors (Lipinski definition) is 3. The van der Waals surface area contributed by atoms with Crippen molar-refractivity contribution in [2.45, 2.75) is 9.96 Å². The zero-order valence-electron chi connectivity index (χ0n) is 8.35. The van der Waals surface area contributed by atoms with Gasteiger partial charge in [0.1, 0.15) is 0 Å². The number of aldehydes is 1. The average molecular weight is 269 g/mol. The number of hydrogen-bond donors (Lipinski definition) is 0. The molecule has 2 rings (SSSR count). The van der Waals surface area contributed by atoms with Gasteiger partial charge in [0.2, 0.25) is 0 Å². The Labute approximate surface area is 107 Å². The summed E-state index contributed by atoms with van der Waals surface area (Å²) < 4.78 is 1.14. The summed E-state index contributed by atoms with van der Waals surface area (Å²) in [6.07, 6.45) is 0.879. The zero-order valence-corrected chi connectivity index (χ0v) is 10.7. The largest absolute Gasteiger partial charge is 0.297 e. The summed E-state index contributed by atoms with van der Waals surface area (Å²) in [6.45, 7) is 0. The molecule has 0 aliphatic carbocycles. The fraction of sp³-hybridized carbons (Fsp3) is 0.0833. The molecule has 0 saturated heterocycles. The van der Waals surface area contributed by atoms with Crippen LogP contribution in [0.25, 0.3) is 0 Å². The molecule has 0 unspecified atom stereocenters. The topological polar surface area (TPSA) is 17.1 Å². The van der Waals surface area contributed by atoms with Gasteiger partial charge in [0.15, 0.2) is 6.29 Å². The van der Waals surface area contributed by atoms with Gasteiger partial charge in [0.25, 0.3) is 0 Å². The van der Waals surface area contributed by atoms with E-state index < -0.39 is 0 Å². The fourth-order valence-corrected chi connectivity index (χ4v) is 3.49. The van der Waals surface area contributed by atoms with Gasteiger partial charge >= 0.3 is 0 Å². The number of halogens is 1. The molecule has 0 amide bonds. The van der Waals surface area contributed by atoms with E-state index in [1.807, 2.05) is 36.4 Å². The second-order valence-corrected chi connectivity index (χ2v) is 5.95. The third kappa shape index (κ3) is 2.88. The molecule has 1 nitrogen and oxygen atoms in total. The van der Waals surface area contributed by atoms with Crippen LogP contribution in [-0.2, 0) is 5.75 Å². The van der Waals surface area contributed by atoms with E-state index in [0.717, 1.165) is 31.7 Å². The second-order valence-electron chi connectivity index (χ2n) is 3.15. The van der Waals surface area contributed by atoms with Crippen molar-refractivity contribution in [3.63, 3.8) is 0 Å². The lowest BCUT2D eigenvalue weighted by Crippen LogP contribution is -1.80. The maximum Gasteiger partial charge on any atom is 0.160 e. The molecule has 82 valence electrons. The summed E-state index contributed by atoms with van der Waals surface area (Å²) in [6, 6.07) is 11.6. The minimum atomic E-state index is 0.765. The molecule has 0 bridgehead atoms. The van der Waals surface area contributed by atoms with Gasteiger partial charge in [-0.1, -0.05) is 29.8 Å². The van der Waals surface area contributed by atoms with Gasteiger partial charge in [-0.25, -0.2) is 0 Å². The SMILES string of the molecule is O=Cc1ccc(SCc2ccccc2Cl)s1. The molecule has 2 aromatic rings. The highest BCUT2D eigenvalue weighted by molar-refractivity contribution is 8.00. The highest BCUT2D eigenvalue weighted by atomic mass is 35.5. The lowest BCUT2D eigenvalue weighted by molar-refractivity contribution is 0.112. The molecule has 16 heavy (non-hydrogen) atoms. The second kappa shape index (κ2) is 5.53. The molecule has 0 spiro atoms. The molecule has 1 heterocycles. The van der Waals surface area contributed by atoms with Crippen molar-refractivity contribution < 1.29 is 4.79 Å². The molecule has 0 fully saturated rings. The molecule has 0 aliphatic heterocycles. The molecule has 0 N–H and O–H groups in total. The standard InChI is InChI=1S/C12H9ClOS2/c13-11-4-2-1-3-9(11)8-15-12-6-5-10(7-14)16-12/h1-7H,8H2. The monoisotopic (exact) mass is 268 g/mol. The van der Waals surface area contributed by atoms with Crippen LogP contribution in [0.1, 0.15) is 15.2 Å². The molecule has 1 aromatic heterocycles. The Morgan fingerprint density at radius 1 is 1.25 bits per heavy atom. The van der Waals surface area contributed by atoms with Crippen LogP contribution in [0.3, 0.4) is 0 Å². The van der Waals surface area contributed by atoms with Crippen molar-refractivity contribution >= 4 is 41.0 Å². The molecule has 0 aliphatic rings. The Morgan fingerprint density at radius 3 is 2.75 bits per heavy atom. The van der Waals surface area contributed by atoms with Crippen LogP contribution in [0.4, 0.5) is 0 Å². The van der Waals surface area contributed by atoms with Crippen molar-refractivity contribution in [2.24, 2.45) is 0 Å². The number of rotatable bonds is 4. The summed E-state index contributed by atoms with van der Waals surface area (Å²) in [5.41, 5.74) is 1.12. The van der Waals surface area contributed by atoms with Crippen molar-refractivity contribution in [2.75, 3.05) is 0 Å². The van der Waals surface area contributed by atoms with E-state index in [0.29, 0.717) is 0 Å². The average Bonchev–Trinajstić information content (AvgIpc) is 2.76. The van der Waals surface area contributed by atoms with Crippen LogP contribution in [0.5, 0.6) is 0 Å². The van der Waals surface area contributed by atoms with Crippen LogP contribution in [0, 0.1) is 0 Å². The van der Waals surface area contributed by atoms with E-state index in [1.54, 1.807) is 11.8 Å². The van der Waals surface area contributed by atoms with E-state index in [4.69, 9.17) is 11.6 Å². The molecular weight excluding hydrogens is 260 g/mol. The summed E-state index contributed by atoms with van der Waals surface area (Å²) >= 11 is 9.27. The predicted octanol–water partition coefficient (Wildman–Crippen LogP) is 4.51. The molecular formula is C12H9ClOS2. The summed E-state index contributed by atoms with van der Waals surface area (Å²) in [4.78, 5) is 11.3.